The largest absolute Gasteiger partial charge is 0.356 e. The highest BCUT2D eigenvalue weighted by molar-refractivity contribution is 7.14. The van der Waals surface area contributed by atoms with Crippen LogP contribution in [0.3, 0.4) is 0 Å². The third-order valence-electron chi connectivity index (χ3n) is 5.29. The fraction of sp³-hybridized carbons (Fsp3) is 0.238. The fourth-order valence-corrected chi connectivity index (χ4v) is 4.32. The van der Waals surface area contributed by atoms with Crippen LogP contribution in [-0.4, -0.2) is 48.5 Å². The van der Waals surface area contributed by atoms with Crippen LogP contribution in [0, 0.1) is 5.92 Å². The molecule has 1 N–H and O–H groups in total. The number of carbonyl (C=O) groups excluding carboxylic acids is 1. The Labute approximate surface area is 182 Å². The van der Waals surface area contributed by atoms with Gasteiger partial charge in [-0.3, -0.25) is 14.3 Å². The summed E-state index contributed by atoms with van der Waals surface area (Å²) in [5.74, 6) is 1.61. The number of nitrogens with zero attached hydrogens (tertiary/aromatic N) is 7. The average Bonchev–Trinajstić information content (AvgIpc) is 3.53. The predicted octanol–water partition coefficient (Wildman–Crippen LogP) is 3.04. The molecule has 156 valence electrons. The van der Waals surface area contributed by atoms with Crippen LogP contribution in [0.2, 0.25) is 0 Å². The van der Waals surface area contributed by atoms with E-state index in [4.69, 9.17) is 0 Å². The molecule has 0 atom stereocenters. The van der Waals surface area contributed by atoms with E-state index in [1.165, 1.54) is 11.3 Å². The number of pyridine rings is 1. The first-order valence-corrected chi connectivity index (χ1v) is 10.9. The molecule has 0 aliphatic carbocycles. The Morgan fingerprint density at radius 1 is 1.13 bits per heavy atom. The molecule has 1 saturated heterocycles. The molecule has 10 heteroatoms. The molecule has 0 unspecified atom stereocenters. The first-order valence-electron chi connectivity index (χ1n) is 9.98. The van der Waals surface area contributed by atoms with Crippen molar-refractivity contribution >= 4 is 28.2 Å². The second-order valence-electron chi connectivity index (χ2n) is 7.23. The van der Waals surface area contributed by atoms with Crippen molar-refractivity contribution < 1.29 is 4.79 Å². The first kappa shape index (κ1) is 19.3. The molecular weight excluding hydrogens is 412 g/mol. The lowest BCUT2D eigenvalue weighted by molar-refractivity contribution is -0.120. The van der Waals surface area contributed by atoms with Crippen LogP contribution < -0.4 is 10.2 Å². The lowest BCUT2D eigenvalue weighted by Crippen LogP contribution is -2.38. The zero-order chi connectivity index (χ0) is 21.0. The SMILES string of the molecule is O=C(Nc1nc(-c2cccnc2)cs1)C1CCN(c2cc(-n3ccnc3)ncn2)CC1. The number of aromatic nitrogens is 6. The number of hydrogen-bond acceptors (Lipinski definition) is 8. The predicted molar refractivity (Wildman–Crippen MR) is 118 cm³/mol. The summed E-state index contributed by atoms with van der Waals surface area (Å²) >= 11 is 1.43. The highest BCUT2D eigenvalue weighted by Gasteiger charge is 2.26. The summed E-state index contributed by atoms with van der Waals surface area (Å²) in [5.41, 5.74) is 1.76. The lowest BCUT2D eigenvalue weighted by atomic mass is 9.96. The molecule has 1 aliphatic heterocycles. The number of nitrogens with one attached hydrogen (secondary N) is 1. The summed E-state index contributed by atoms with van der Waals surface area (Å²) in [6.07, 6.45) is 11.8. The molecule has 0 aromatic carbocycles. The maximum Gasteiger partial charge on any atom is 0.229 e. The highest BCUT2D eigenvalue weighted by Crippen LogP contribution is 2.27. The third-order valence-corrected chi connectivity index (χ3v) is 6.05. The number of rotatable bonds is 5. The Bertz CT molecular complexity index is 1150. The summed E-state index contributed by atoms with van der Waals surface area (Å²) < 4.78 is 1.85. The van der Waals surface area contributed by atoms with E-state index in [0.29, 0.717) is 5.13 Å². The van der Waals surface area contributed by atoms with E-state index in [1.807, 2.05) is 34.3 Å². The van der Waals surface area contributed by atoms with Gasteiger partial charge in [0.15, 0.2) is 5.13 Å². The van der Waals surface area contributed by atoms with Gasteiger partial charge in [-0.15, -0.1) is 11.3 Å². The molecule has 31 heavy (non-hydrogen) atoms. The Morgan fingerprint density at radius 2 is 2.00 bits per heavy atom. The fourth-order valence-electron chi connectivity index (χ4n) is 3.60. The summed E-state index contributed by atoms with van der Waals surface area (Å²) in [4.78, 5) is 36.4. The standard InChI is InChI=1S/C21H20N8OS/c30-20(27-21-26-17(12-31-21)16-2-1-5-22-11-16)15-3-7-28(8-4-15)18-10-19(25-13-24-18)29-9-6-23-14-29/h1-2,5-6,9-15H,3-4,7-8H2,(H,26,27,30). The summed E-state index contributed by atoms with van der Waals surface area (Å²) in [7, 11) is 0. The molecule has 0 radical (unpaired) electrons. The molecule has 0 spiro atoms. The zero-order valence-electron chi connectivity index (χ0n) is 16.6. The minimum Gasteiger partial charge on any atom is -0.356 e. The van der Waals surface area contributed by atoms with Crippen LogP contribution in [0.1, 0.15) is 12.8 Å². The van der Waals surface area contributed by atoms with Crippen LogP contribution in [0.4, 0.5) is 10.9 Å². The van der Waals surface area contributed by atoms with E-state index in [0.717, 1.165) is 48.8 Å². The number of carbonyl (C=O) groups is 1. The van der Waals surface area contributed by atoms with E-state index in [1.54, 1.807) is 31.2 Å². The van der Waals surface area contributed by atoms with Gasteiger partial charge in [0.25, 0.3) is 0 Å². The van der Waals surface area contributed by atoms with Gasteiger partial charge in [0.1, 0.15) is 24.3 Å². The van der Waals surface area contributed by atoms with Gasteiger partial charge in [-0.2, -0.15) is 0 Å². The summed E-state index contributed by atoms with van der Waals surface area (Å²) in [6, 6.07) is 5.77. The van der Waals surface area contributed by atoms with E-state index in [-0.39, 0.29) is 11.8 Å². The Hall–Kier alpha value is -3.66. The van der Waals surface area contributed by atoms with Crippen molar-refractivity contribution in [1.29, 1.82) is 0 Å². The number of imidazole rings is 1. The molecule has 0 saturated carbocycles. The maximum absolute atomic E-state index is 12.8. The van der Waals surface area contributed by atoms with E-state index in [2.05, 4.69) is 35.1 Å². The number of anilines is 2. The van der Waals surface area contributed by atoms with Crippen LogP contribution in [0.25, 0.3) is 17.1 Å². The van der Waals surface area contributed by atoms with E-state index in [9.17, 15) is 4.79 Å². The summed E-state index contributed by atoms with van der Waals surface area (Å²) in [6.45, 7) is 1.52. The van der Waals surface area contributed by atoms with Crippen LogP contribution in [-0.2, 0) is 4.79 Å². The number of thiazole rings is 1. The van der Waals surface area contributed by atoms with Gasteiger partial charge in [-0.1, -0.05) is 0 Å². The van der Waals surface area contributed by atoms with Crippen molar-refractivity contribution in [3.8, 4) is 17.1 Å². The Kier molecular flexibility index (Phi) is 5.36. The van der Waals surface area contributed by atoms with Crippen LogP contribution >= 0.6 is 11.3 Å². The first-order chi connectivity index (χ1) is 15.3. The topological polar surface area (TPSA) is 102 Å². The Morgan fingerprint density at radius 3 is 2.77 bits per heavy atom. The summed E-state index contributed by atoms with van der Waals surface area (Å²) in [5, 5.41) is 5.53. The van der Waals surface area contributed by atoms with Crippen molar-refractivity contribution in [1.82, 2.24) is 29.5 Å². The van der Waals surface area contributed by atoms with Crippen molar-refractivity contribution in [2.24, 2.45) is 5.92 Å². The second-order valence-corrected chi connectivity index (χ2v) is 8.09. The molecule has 5 rings (SSSR count). The molecule has 0 bridgehead atoms. The van der Waals surface area contributed by atoms with Crippen molar-refractivity contribution in [2.75, 3.05) is 23.3 Å². The number of amides is 1. The third kappa shape index (κ3) is 4.29. The van der Waals surface area contributed by atoms with Crippen molar-refractivity contribution in [3.63, 3.8) is 0 Å². The van der Waals surface area contributed by atoms with Gasteiger partial charge in [0.05, 0.1) is 5.69 Å². The highest BCUT2D eigenvalue weighted by atomic mass is 32.1. The molecule has 4 aromatic heterocycles. The molecule has 1 amide bonds. The van der Waals surface area contributed by atoms with Gasteiger partial charge in [-0.25, -0.2) is 19.9 Å². The van der Waals surface area contributed by atoms with Gasteiger partial charge in [0.2, 0.25) is 5.91 Å². The van der Waals surface area contributed by atoms with Crippen molar-refractivity contribution in [2.45, 2.75) is 12.8 Å². The van der Waals surface area contributed by atoms with Crippen molar-refractivity contribution in [3.05, 3.63) is 61.0 Å². The molecule has 4 aromatic rings. The minimum absolute atomic E-state index is 0.0218. The number of hydrogen-bond donors (Lipinski definition) is 1. The molecule has 1 fully saturated rings. The average molecular weight is 433 g/mol. The second kappa shape index (κ2) is 8.60. The zero-order valence-corrected chi connectivity index (χ0v) is 17.4. The quantitative estimate of drug-likeness (QED) is 0.517. The molecule has 5 heterocycles. The van der Waals surface area contributed by atoms with E-state index >= 15 is 0 Å². The molecule has 9 nitrogen and oxygen atoms in total. The van der Waals surface area contributed by atoms with Gasteiger partial charge in [0, 0.05) is 60.8 Å². The van der Waals surface area contributed by atoms with Crippen LogP contribution in [0.5, 0.6) is 0 Å². The normalized spacial score (nSPS) is 14.5. The van der Waals surface area contributed by atoms with Gasteiger partial charge < -0.3 is 10.2 Å². The van der Waals surface area contributed by atoms with Gasteiger partial charge in [-0.05, 0) is 25.0 Å². The smallest absolute Gasteiger partial charge is 0.229 e. The monoisotopic (exact) mass is 432 g/mol. The van der Waals surface area contributed by atoms with Gasteiger partial charge >= 0.3 is 0 Å². The molecule has 1 aliphatic rings. The minimum atomic E-state index is -0.0445. The maximum atomic E-state index is 12.8. The Balaban J connectivity index is 1.19. The van der Waals surface area contributed by atoms with Crippen LogP contribution in [0.15, 0.2) is 61.0 Å². The lowest BCUT2D eigenvalue weighted by Gasteiger charge is -2.32. The van der Waals surface area contributed by atoms with E-state index < -0.39 is 0 Å². The molecular formula is C21H20N8OS. The number of piperidine rings is 1.